The van der Waals surface area contributed by atoms with Crippen LogP contribution in [0.1, 0.15) is 51.9 Å². The normalized spacial score (nSPS) is 20.6. The van der Waals surface area contributed by atoms with Crippen molar-refractivity contribution in [1.82, 2.24) is 14.9 Å². The molecule has 0 bridgehead atoms. The Labute approximate surface area is 152 Å². The fourth-order valence-corrected chi connectivity index (χ4v) is 4.88. The van der Waals surface area contributed by atoms with Gasteiger partial charge in [0.1, 0.15) is 0 Å². The predicted octanol–water partition coefficient (Wildman–Crippen LogP) is 1.51. The van der Waals surface area contributed by atoms with E-state index in [4.69, 9.17) is 0 Å². The van der Waals surface area contributed by atoms with Gasteiger partial charge in [0.15, 0.2) is 0 Å². The topological polar surface area (TPSA) is 78.5 Å². The quantitative estimate of drug-likeness (QED) is 0.700. The summed E-state index contributed by atoms with van der Waals surface area (Å²) in [6.07, 6.45) is 6.05. The smallest absolute Gasteiger partial charge is 0.222 e. The van der Waals surface area contributed by atoms with Crippen molar-refractivity contribution < 1.29 is 13.2 Å². The van der Waals surface area contributed by atoms with Crippen molar-refractivity contribution in [3.05, 3.63) is 0 Å². The van der Waals surface area contributed by atoms with Gasteiger partial charge in [0.25, 0.3) is 0 Å². The van der Waals surface area contributed by atoms with Crippen LogP contribution in [0.5, 0.6) is 0 Å². The molecular formula is C16H32ClN3O3S. The molecule has 0 aromatic rings. The molecule has 2 rings (SSSR count). The van der Waals surface area contributed by atoms with Crippen LogP contribution >= 0.6 is 12.4 Å². The number of carbonyl (C=O) groups excluding carboxylic acids is 1. The number of piperidine rings is 2. The van der Waals surface area contributed by atoms with Gasteiger partial charge in [0.05, 0.1) is 5.75 Å². The second-order valence-electron chi connectivity index (χ2n) is 6.82. The van der Waals surface area contributed by atoms with Gasteiger partial charge in [-0.25, -0.2) is 13.1 Å². The summed E-state index contributed by atoms with van der Waals surface area (Å²) in [5.41, 5.74) is 0. The average Bonchev–Trinajstić information content (AvgIpc) is 2.54. The Hall–Kier alpha value is -0.370. The zero-order valence-electron chi connectivity index (χ0n) is 14.6. The number of amides is 1. The second kappa shape index (κ2) is 10.6. The molecule has 2 N–H and O–H groups in total. The van der Waals surface area contributed by atoms with E-state index in [1.54, 1.807) is 0 Å². The first-order chi connectivity index (χ1) is 11.0. The number of likely N-dealkylation sites (tertiary alicyclic amines) is 1. The maximum absolute atomic E-state index is 12.3. The molecule has 0 aromatic heterocycles. The van der Waals surface area contributed by atoms with Crippen molar-refractivity contribution in [2.75, 3.05) is 31.9 Å². The highest BCUT2D eigenvalue weighted by Crippen LogP contribution is 2.20. The Kier molecular flexibility index (Phi) is 9.56. The molecule has 2 heterocycles. The molecular weight excluding hydrogens is 350 g/mol. The number of nitrogens with zero attached hydrogens (tertiary/aromatic N) is 1. The summed E-state index contributed by atoms with van der Waals surface area (Å²) < 4.78 is 26.4. The third-order valence-electron chi connectivity index (χ3n) is 4.89. The van der Waals surface area contributed by atoms with Crippen molar-refractivity contribution in [3.8, 4) is 0 Å². The van der Waals surface area contributed by atoms with E-state index in [2.05, 4.69) is 10.0 Å². The van der Waals surface area contributed by atoms with E-state index < -0.39 is 10.0 Å². The van der Waals surface area contributed by atoms with Crippen LogP contribution in [-0.2, 0) is 14.8 Å². The maximum atomic E-state index is 12.3. The highest BCUT2D eigenvalue weighted by Gasteiger charge is 2.26. The van der Waals surface area contributed by atoms with Gasteiger partial charge in [-0.1, -0.05) is 6.92 Å². The largest absolute Gasteiger partial charge is 0.343 e. The molecule has 2 saturated heterocycles. The summed E-state index contributed by atoms with van der Waals surface area (Å²) in [5, 5.41) is 3.35. The minimum Gasteiger partial charge on any atom is -0.343 e. The Morgan fingerprint density at radius 1 is 1.17 bits per heavy atom. The minimum atomic E-state index is -3.15. The van der Waals surface area contributed by atoms with Gasteiger partial charge in [0, 0.05) is 25.6 Å². The van der Waals surface area contributed by atoms with Crippen LogP contribution in [0, 0.1) is 5.92 Å². The third kappa shape index (κ3) is 7.25. The average molecular weight is 382 g/mol. The molecule has 2 aliphatic rings. The summed E-state index contributed by atoms with van der Waals surface area (Å²) >= 11 is 0. The monoisotopic (exact) mass is 381 g/mol. The van der Waals surface area contributed by atoms with Crippen molar-refractivity contribution in [1.29, 1.82) is 0 Å². The van der Waals surface area contributed by atoms with Gasteiger partial charge in [-0.05, 0) is 57.5 Å². The zero-order chi connectivity index (χ0) is 16.7. The molecule has 0 unspecified atom stereocenters. The van der Waals surface area contributed by atoms with E-state index in [9.17, 15) is 13.2 Å². The highest BCUT2D eigenvalue weighted by atomic mass is 35.5. The number of hydrogen-bond donors (Lipinski definition) is 2. The first kappa shape index (κ1) is 21.7. The number of hydrogen-bond acceptors (Lipinski definition) is 4. The fraction of sp³-hybridized carbons (Fsp3) is 0.938. The van der Waals surface area contributed by atoms with Gasteiger partial charge in [-0.2, -0.15) is 0 Å². The maximum Gasteiger partial charge on any atom is 0.222 e. The number of nitrogens with one attached hydrogen (secondary N) is 2. The fourth-order valence-electron chi connectivity index (χ4n) is 3.48. The molecule has 0 aromatic carbocycles. The van der Waals surface area contributed by atoms with Crippen molar-refractivity contribution in [2.45, 2.75) is 57.9 Å². The van der Waals surface area contributed by atoms with E-state index >= 15 is 0 Å². The Morgan fingerprint density at radius 3 is 2.38 bits per heavy atom. The molecule has 8 heteroatoms. The number of halogens is 1. The molecule has 0 saturated carbocycles. The van der Waals surface area contributed by atoms with Crippen LogP contribution in [0.3, 0.4) is 0 Å². The predicted molar refractivity (Wildman–Crippen MR) is 98.9 cm³/mol. The molecule has 2 aliphatic heterocycles. The molecule has 0 radical (unpaired) electrons. The van der Waals surface area contributed by atoms with Gasteiger partial charge in [-0.15, -0.1) is 12.4 Å². The van der Waals surface area contributed by atoms with E-state index in [1.807, 2.05) is 11.8 Å². The van der Waals surface area contributed by atoms with Gasteiger partial charge < -0.3 is 10.2 Å². The first-order valence-corrected chi connectivity index (χ1v) is 10.6. The number of rotatable bonds is 7. The third-order valence-corrected chi connectivity index (χ3v) is 6.53. The summed E-state index contributed by atoms with van der Waals surface area (Å²) in [6.45, 7) is 5.35. The van der Waals surface area contributed by atoms with Crippen LogP contribution in [0.15, 0.2) is 0 Å². The van der Waals surface area contributed by atoms with Crippen molar-refractivity contribution >= 4 is 28.3 Å². The second-order valence-corrected chi connectivity index (χ2v) is 8.70. The summed E-state index contributed by atoms with van der Waals surface area (Å²) in [5.74, 6) is 1.10. The van der Waals surface area contributed by atoms with Gasteiger partial charge in [-0.3, -0.25) is 4.79 Å². The zero-order valence-corrected chi connectivity index (χ0v) is 16.3. The van der Waals surface area contributed by atoms with Gasteiger partial charge >= 0.3 is 0 Å². The summed E-state index contributed by atoms with van der Waals surface area (Å²) in [4.78, 5) is 14.2. The lowest BCUT2D eigenvalue weighted by Gasteiger charge is -2.33. The molecule has 1 amide bonds. The van der Waals surface area contributed by atoms with Crippen LogP contribution < -0.4 is 10.0 Å². The lowest BCUT2D eigenvalue weighted by molar-refractivity contribution is -0.132. The molecule has 2 fully saturated rings. The Bertz CT molecular complexity index is 473. The molecule has 0 aliphatic carbocycles. The van der Waals surface area contributed by atoms with Crippen LogP contribution in [0.2, 0.25) is 0 Å². The Balaban J connectivity index is 0.00000288. The molecule has 6 nitrogen and oxygen atoms in total. The highest BCUT2D eigenvalue weighted by molar-refractivity contribution is 7.89. The van der Waals surface area contributed by atoms with E-state index in [-0.39, 0.29) is 30.1 Å². The lowest BCUT2D eigenvalue weighted by Crippen LogP contribution is -2.47. The lowest BCUT2D eigenvalue weighted by atomic mass is 9.93. The summed E-state index contributed by atoms with van der Waals surface area (Å²) in [7, 11) is -3.15. The number of carbonyl (C=O) groups is 1. The SMILES string of the molecule is CCCS(=O)(=O)NC1CCN(C(=O)CCC2CCNCC2)CC1.Cl. The van der Waals surface area contributed by atoms with E-state index in [1.165, 1.54) is 12.8 Å². The molecule has 142 valence electrons. The van der Waals surface area contributed by atoms with Gasteiger partial charge in [0.2, 0.25) is 15.9 Å². The molecule has 24 heavy (non-hydrogen) atoms. The number of sulfonamides is 1. The Morgan fingerprint density at radius 2 is 1.79 bits per heavy atom. The summed E-state index contributed by atoms with van der Waals surface area (Å²) in [6, 6.07) is -0.0139. The minimum absolute atomic E-state index is 0. The molecule has 0 spiro atoms. The standard InChI is InChI=1S/C16H31N3O3S.ClH/c1-2-13-23(21,22)18-15-7-11-19(12-8-15)16(20)4-3-14-5-9-17-10-6-14;/h14-15,17-18H,2-13H2,1H3;1H. The van der Waals surface area contributed by atoms with Crippen LogP contribution in [0.4, 0.5) is 0 Å². The van der Waals surface area contributed by atoms with E-state index in [0.717, 1.165) is 32.4 Å². The van der Waals surface area contributed by atoms with Crippen molar-refractivity contribution in [3.63, 3.8) is 0 Å². The van der Waals surface area contributed by atoms with E-state index in [0.29, 0.717) is 31.8 Å². The van der Waals surface area contributed by atoms with Crippen LogP contribution in [0.25, 0.3) is 0 Å². The molecule has 0 atom stereocenters. The first-order valence-electron chi connectivity index (χ1n) is 8.98. The van der Waals surface area contributed by atoms with Crippen LogP contribution in [-0.4, -0.2) is 57.2 Å². The van der Waals surface area contributed by atoms with Crippen molar-refractivity contribution in [2.24, 2.45) is 5.92 Å².